The van der Waals surface area contributed by atoms with Gasteiger partial charge in [0.1, 0.15) is 0 Å². The van der Waals surface area contributed by atoms with Gasteiger partial charge in [-0.25, -0.2) is 4.98 Å². The molecule has 2 aromatic heterocycles. The Kier molecular flexibility index (Phi) is 7.10. The number of fused-ring (bicyclic) bond motifs is 1. The van der Waals surface area contributed by atoms with Crippen LogP contribution in [0.25, 0.3) is 11.2 Å². The zero-order valence-electron chi connectivity index (χ0n) is 19.9. The van der Waals surface area contributed by atoms with E-state index in [0.717, 1.165) is 36.6 Å². The maximum absolute atomic E-state index is 12.9. The van der Waals surface area contributed by atoms with Crippen molar-refractivity contribution in [2.45, 2.75) is 12.7 Å². The van der Waals surface area contributed by atoms with E-state index in [-0.39, 0.29) is 19.7 Å². The molecular weight excluding hydrogens is 487 g/mol. The summed E-state index contributed by atoms with van der Waals surface area (Å²) in [4.78, 5) is 15.8. The number of halogens is 3. The molecule has 0 unspecified atom stereocenters. The molecule has 9 nitrogen and oxygen atoms in total. The average Bonchev–Trinajstić information content (AvgIpc) is 3.30. The van der Waals surface area contributed by atoms with Crippen molar-refractivity contribution in [3.05, 3.63) is 66.0 Å². The average molecular weight is 514 g/mol. The minimum Gasteiger partial charge on any atom is -0.395 e. The van der Waals surface area contributed by atoms with Gasteiger partial charge in [-0.1, -0.05) is 12.1 Å². The highest BCUT2D eigenvalue weighted by molar-refractivity contribution is 5.84. The van der Waals surface area contributed by atoms with Crippen molar-refractivity contribution in [1.82, 2.24) is 19.5 Å². The standard InChI is InChI=1S/C25H26F3N7O2/c26-25(27,28)18-3-1-17(2-4-18)15-35-16-30-21-22(29-9-12-36)32-24(33-23(21)35)31-19-5-7-20(8-6-19)34-10-13-37-14-11-34/h1-8,16,36H,9-15H2,(H2,29,31,32,33). The second-order valence-electron chi connectivity index (χ2n) is 8.56. The SMILES string of the molecule is OCCNc1nc(Nc2ccc(N3CCOCC3)cc2)nc2c1ncn2Cc1ccc(C(F)(F)F)cc1. The zero-order valence-corrected chi connectivity index (χ0v) is 19.9. The lowest BCUT2D eigenvalue weighted by Gasteiger charge is -2.28. The number of imidazole rings is 1. The number of ether oxygens (including phenoxy) is 1. The first-order chi connectivity index (χ1) is 17.9. The molecule has 0 saturated carbocycles. The fraction of sp³-hybridized carbons (Fsp3) is 0.320. The number of anilines is 4. The van der Waals surface area contributed by atoms with E-state index in [9.17, 15) is 18.3 Å². The topological polar surface area (TPSA) is 100 Å². The van der Waals surface area contributed by atoms with E-state index >= 15 is 0 Å². The molecule has 3 N–H and O–H groups in total. The minimum atomic E-state index is -4.39. The van der Waals surface area contributed by atoms with Crippen LogP contribution in [0.3, 0.4) is 0 Å². The van der Waals surface area contributed by atoms with Crippen molar-refractivity contribution >= 4 is 34.3 Å². The molecule has 0 radical (unpaired) electrons. The number of nitrogens with one attached hydrogen (secondary N) is 2. The van der Waals surface area contributed by atoms with Crippen LogP contribution < -0.4 is 15.5 Å². The number of aliphatic hydroxyl groups excluding tert-OH is 1. The number of hydrogen-bond donors (Lipinski definition) is 3. The lowest BCUT2D eigenvalue weighted by Crippen LogP contribution is -2.36. The van der Waals surface area contributed by atoms with Gasteiger partial charge in [0, 0.05) is 31.0 Å². The Morgan fingerprint density at radius 1 is 0.973 bits per heavy atom. The van der Waals surface area contributed by atoms with Crippen LogP contribution in [0.5, 0.6) is 0 Å². The van der Waals surface area contributed by atoms with Crippen LogP contribution in [0, 0.1) is 0 Å². The molecule has 194 valence electrons. The molecule has 4 aromatic rings. The summed E-state index contributed by atoms with van der Waals surface area (Å²) in [6, 6.07) is 12.9. The Hall–Kier alpha value is -3.90. The van der Waals surface area contributed by atoms with E-state index in [1.165, 1.54) is 12.1 Å². The summed E-state index contributed by atoms with van der Waals surface area (Å²) in [6.07, 6.45) is -2.82. The van der Waals surface area contributed by atoms with Gasteiger partial charge in [-0.15, -0.1) is 0 Å². The molecule has 1 fully saturated rings. The molecule has 1 aliphatic heterocycles. The van der Waals surface area contributed by atoms with E-state index in [2.05, 4.69) is 30.5 Å². The molecule has 37 heavy (non-hydrogen) atoms. The summed E-state index contributed by atoms with van der Waals surface area (Å²) in [7, 11) is 0. The Labute approximate surface area is 210 Å². The maximum Gasteiger partial charge on any atom is 0.416 e. The maximum atomic E-state index is 12.9. The predicted molar refractivity (Wildman–Crippen MR) is 134 cm³/mol. The highest BCUT2D eigenvalue weighted by Crippen LogP contribution is 2.30. The van der Waals surface area contributed by atoms with E-state index in [1.807, 2.05) is 24.3 Å². The van der Waals surface area contributed by atoms with Gasteiger partial charge >= 0.3 is 6.18 Å². The molecule has 1 saturated heterocycles. The second-order valence-corrected chi connectivity index (χ2v) is 8.56. The number of benzene rings is 2. The normalized spacial score (nSPS) is 14.2. The van der Waals surface area contributed by atoms with Gasteiger partial charge in [0.2, 0.25) is 5.95 Å². The van der Waals surface area contributed by atoms with Gasteiger partial charge in [0.25, 0.3) is 0 Å². The largest absolute Gasteiger partial charge is 0.416 e. The lowest BCUT2D eigenvalue weighted by atomic mass is 10.1. The van der Waals surface area contributed by atoms with Gasteiger partial charge in [-0.3, -0.25) is 0 Å². The second kappa shape index (κ2) is 10.6. The highest BCUT2D eigenvalue weighted by Gasteiger charge is 2.30. The fourth-order valence-electron chi connectivity index (χ4n) is 4.12. The number of rotatable bonds is 8. The third-order valence-electron chi connectivity index (χ3n) is 6.00. The Morgan fingerprint density at radius 2 is 1.70 bits per heavy atom. The molecule has 12 heteroatoms. The monoisotopic (exact) mass is 513 g/mol. The van der Waals surface area contributed by atoms with E-state index < -0.39 is 11.7 Å². The van der Waals surface area contributed by atoms with Crippen LogP contribution >= 0.6 is 0 Å². The van der Waals surface area contributed by atoms with Crippen LogP contribution in [0.2, 0.25) is 0 Å². The zero-order chi connectivity index (χ0) is 25.8. The van der Waals surface area contributed by atoms with Gasteiger partial charge in [-0.2, -0.15) is 23.1 Å². The number of morpholine rings is 1. The highest BCUT2D eigenvalue weighted by atomic mass is 19.4. The Bertz CT molecular complexity index is 1340. The first-order valence-electron chi connectivity index (χ1n) is 11.8. The third-order valence-corrected chi connectivity index (χ3v) is 6.00. The molecular formula is C25H26F3N7O2. The summed E-state index contributed by atoms with van der Waals surface area (Å²) in [5.41, 5.74) is 2.86. The summed E-state index contributed by atoms with van der Waals surface area (Å²) >= 11 is 0. The molecule has 0 bridgehead atoms. The van der Waals surface area contributed by atoms with Crippen LogP contribution in [0.4, 0.5) is 36.3 Å². The van der Waals surface area contributed by atoms with Crippen molar-refractivity contribution in [2.75, 3.05) is 55.0 Å². The first kappa shape index (κ1) is 24.8. The van der Waals surface area contributed by atoms with Crippen molar-refractivity contribution in [2.24, 2.45) is 0 Å². The minimum absolute atomic E-state index is 0.0937. The summed E-state index contributed by atoms with van der Waals surface area (Å²) in [5.74, 6) is 0.763. The van der Waals surface area contributed by atoms with Crippen LogP contribution in [0.1, 0.15) is 11.1 Å². The third kappa shape index (κ3) is 5.75. The number of hydrogen-bond acceptors (Lipinski definition) is 8. The quantitative estimate of drug-likeness (QED) is 0.327. The van der Waals surface area contributed by atoms with E-state index in [0.29, 0.717) is 41.7 Å². The molecule has 0 atom stereocenters. The molecule has 0 spiro atoms. The van der Waals surface area contributed by atoms with Gasteiger partial charge in [0.15, 0.2) is 17.0 Å². The van der Waals surface area contributed by atoms with Gasteiger partial charge < -0.3 is 29.9 Å². The van der Waals surface area contributed by atoms with E-state index in [4.69, 9.17) is 4.74 Å². The fourth-order valence-corrected chi connectivity index (χ4v) is 4.12. The summed E-state index contributed by atoms with van der Waals surface area (Å²) in [6.45, 7) is 3.55. The Balaban J connectivity index is 1.40. The van der Waals surface area contributed by atoms with Gasteiger partial charge in [0.05, 0.1) is 38.3 Å². The number of alkyl halides is 3. The van der Waals surface area contributed by atoms with Gasteiger partial charge in [-0.05, 0) is 42.0 Å². The van der Waals surface area contributed by atoms with Crippen molar-refractivity contribution in [3.63, 3.8) is 0 Å². The van der Waals surface area contributed by atoms with Crippen molar-refractivity contribution in [3.8, 4) is 0 Å². The van der Waals surface area contributed by atoms with Crippen molar-refractivity contribution in [1.29, 1.82) is 0 Å². The molecule has 0 aliphatic carbocycles. The van der Waals surface area contributed by atoms with Crippen molar-refractivity contribution < 1.29 is 23.0 Å². The molecule has 5 rings (SSSR count). The number of nitrogens with zero attached hydrogens (tertiary/aromatic N) is 5. The number of aromatic nitrogens is 4. The summed E-state index contributed by atoms with van der Waals surface area (Å²) in [5, 5.41) is 15.5. The van der Waals surface area contributed by atoms with Crippen LogP contribution in [-0.4, -0.2) is 64.1 Å². The summed E-state index contributed by atoms with van der Waals surface area (Å²) < 4.78 is 45.9. The lowest BCUT2D eigenvalue weighted by molar-refractivity contribution is -0.137. The first-order valence-corrected chi connectivity index (χ1v) is 11.8. The molecule has 2 aromatic carbocycles. The number of aliphatic hydroxyl groups is 1. The smallest absolute Gasteiger partial charge is 0.395 e. The van der Waals surface area contributed by atoms with E-state index in [1.54, 1.807) is 10.9 Å². The van der Waals surface area contributed by atoms with Crippen LogP contribution in [-0.2, 0) is 17.5 Å². The Morgan fingerprint density at radius 3 is 2.38 bits per heavy atom. The van der Waals surface area contributed by atoms with Crippen LogP contribution in [0.15, 0.2) is 54.9 Å². The molecule has 1 aliphatic rings. The molecule has 3 heterocycles. The molecule has 0 amide bonds. The predicted octanol–water partition coefficient (Wildman–Crippen LogP) is 3.88.